The van der Waals surface area contributed by atoms with Gasteiger partial charge in [0.05, 0.1) is 11.1 Å². The summed E-state index contributed by atoms with van der Waals surface area (Å²) < 4.78 is 0. The maximum absolute atomic E-state index is 12.7. The van der Waals surface area contributed by atoms with Crippen LogP contribution in [0.15, 0.2) is 30.3 Å². The Morgan fingerprint density at radius 2 is 2.00 bits per heavy atom. The largest absolute Gasteiger partial charge is 0.349 e. The minimum absolute atomic E-state index is 0.0508. The van der Waals surface area contributed by atoms with E-state index in [4.69, 9.17) is 4.98 Å². The lowest BCUT2D eigenvalue weighted by Crippen LogP contribution is -2.34. The molecule has 108 valence electrons. The Morgan fingerprint density at radius 3 is 2.71 bits per heavy atom. The smallest absolute Gasteiger partial charge is 0.252 e. The van der Waals surface area contributed by atoms with Crippen LogP contribution in [0, 0.1) is 5.92 Å². The van der Waals surface area contributed by atoms with Gasteiger partial charge in [0.15, 0.2) is 0 Å². The van der Waals surface area contributed by atoms with Crippen LogP contribution in [0.5, 0.6) is 0 Å². The van der Waals surface area contributed by atoms with Gasteiger partial charge in [0, 0.05) is 23.0 Å². The molecule has 0 radical (unpaired) electrons. The number of nitrogens with one attached hydrogen (secondary N) is 1. The number of carbonyl (C=O) groups is 1. The average molecular weight is 280 g/mol. The molecule has 0 aliphatic heterocycles. The first-order valence-electron chi connectivity index (χ1n) is 7.93. The summed E-state index contributed by atoms with van der Waals surface area (Å²) in [6, 6.07) is 10.2. The summed E-state index contributed by atoms with van der Waals surface area (Å²) >= 11 is 0. The van der Waals surface area contributed by atoms with Crippen LogP contribution in [0.3, 0.4) is 0 Å². The molecule has 2 saturated carbocycles. The first kappa shape index (κ1) is 12.8. The third-order valence-electron chi connectivity index (χ3n) is 4.66. The minimum Gasteiger partial charge on any atom is -0.349 e. The van der Waals surface area contributed by atoms with Crippen molar-refractivity contribution >= 4 is 16.8 Å². The first-order valence-corrected chi connectivity index (χ1v) is 7.93. The van der Waals surface area contributed by atoms with E-state index in [-0.39, 0.29) is 11.9 Å². The Bertz CT molecular complexity index is 701. The Morgan fingerprint density at radius 1 is 1.24 bits per heavy atom. The van der Waals surface area contributed by atoms with Gasteiger partial charge in [-0.3, -0.25) is 9.78 Å². The predicted molar refractivity (Wildman–Crippen MR) is 83.4 cm³/mol. The van der Waals surface area contributed by atoms with E-state index in [9.17, 15) is 4.79 Å². The number of carbonyl (C=O) groups excluding carboxylic acids is 1. The molecule has 0 saturated heterocycles. The molecule has 2 aliphatic rings. The van der Waals surface area contributed by atoms with Gasteiger partial charge in [-0.1, -0.05) is 18.2 Å². The van der Waals surface area contributed by atoms with Gasteiger partial charge in [0.1, 0.15) is 0 Å². The van der Waals surface area contributed by atoms with Gasteiger partial charge in [-0.2, -0.15) is 0 Å². The SMILES string of the molecule is C[C@H](NC(=O)c1cc(C2CC2)nc2ccccc12)C1CC1. The summed E-state index contributed by atoms with van der Waals surface area (Å²) in [6.45, 7) is 2.11. The predicted octanol–water partition coefficient (Wildman–Crippen LogP) is 3.64. The van der Waals surface area contributed by atoms with Gasteiger partial charge in [-0.25, -0.2) is 0 Å². The van der Waals surface area contributed by atoms with Crippen LogP contribution in [-0.4, -0.2) is 16.9 Å². The number of rotatable bonds is 4. The minimum atomic E-state index is 0.0508. The zero-order chi connectivity index (χ0) is 14.4. The summed E-state index contributed by atoms with van der Waals surface area (Å²) in [6.07, 6.45) is 4.88. The quantitative estimate of drug-likeness (QED) is 0.929. The highest BCUT2D eigenvalue weighted by Crippen LogP contribution is 2.40. The summed E-state index contributed by atoms with van der Waals surface area (Å²) in [4.78, 5) is 17.4. The summed E-state index contributed by atoms with van der Waals surface area (Å²) in [5.74, 6) is 1.28. The average Bonchev–Trinajstić information content (AvgIpc) is 3.38. The van der Waals surface area contributed by atoms with Crippen LogP contribution in [0.25, 0.3) is 10.9 Å². The van der Waals surface area contributed by atoms with Crippen LogP contribution in [0.1, 0.15) is 54.6 Å². The maximum atomic E-state index is 12.7. The highest BCUT2D eigenvalue weighted by molar-refractivity contribution is 6.06. The van der Waals surface area contributed by atoms with Crippen LogP contribution in [-0.2, 0) is 0 Å². The Kier molecular flexibility index (Phi) is 2.95. The van der Waals surface area contributed by atoms with Gasteiger partial charge in [0.25, 0.3) is 5.91 Å². The highest BCUT2D eigenvalue weighted by Gasteiger charge is 2.30. The van der Waals surface area contributed by atoms with Crippen LogP contribution >= 0.6 is 0 Å². The molecule has 1 heterocycles. The molecule has 0 bridgehead atoms. The number of amides is 1. The molecular weight excluding hydrogens is 260 g/mol. The van der Waals surface area contributed by atoms with Gasteiger partial charge in [-0.15, -0.1) is 0 Å². The molecule has 0 spiro atoms. The van der Waals surface area contributed by atoms with Crippen molar-refractivity contribution < 1.29 is 4.79 Å². The molecule has 1 aromatic carbocycles. The lowest BCUT2D eigenvalue weighted by Gasteiger charge is -2.14. The van der Waals surface area contributed by atoms with E-state index in [1.165, 1.54) is 25.7 Å². The number of benzene rings is 1. The van der Waals surface area contributed by atoms with Gasteiger partial charge in [-0.05, 0) is 50.7 Å². The summed E-state index contributed by atoms with van der Waals surface area (Å²) in [5, 5.41) is 4.13. The number of aromatic nitrogens is 1. The van der Waals surface area contributed by atoms with E-state index in [1.54, 1.807) is 0 Å². The Hall–Kier alpha value is -1.90. The van der Waals surface area contributed by atoms with Gasteiger partial charge < -0.3 is 5.32 Å². The fourth-order valence-corrected chi connectivity index (χ4v) is 2.97. The van der Waals surface area contributed by atoms with Gasteiger partial charge in [0.2, 0.25) is 0 Å². The summed E-state index contributed by atoms with van der Waals surface area (Å²) in [5.41, 5.74) is 2.80. The number of fused-ring (bicyclic) bond motifs is 1. The third-order valence-corrected chi connectivity index (χ3v) is 4.66. The normalized spacial score (nSPS) is 19.5. The Balaban J connectivity index is 1.72. The van der Waals surface area contributed by atoms with Crippen molar-refractivity contribution in [3.63, 3.8) is 0 Å². The fourth-order valence-electron chi connectivity index (χ4n) is 2.97. The first-order chi connectivity index (χ1) is 10.2. The van der Waals surface area contributed by atoms with E-state index in [0.29, 0.717) is 11.8 Å². The van der Waals surface area contributed by atoms with Crippen molar-refractivity contribution in [3.8, 4) is 0 Å². The molecule has 1 amide bonds. The standard InChI is InChI=1S/C18H20N2O/c1-11(12-6-7-12)19-18(21)15-10-17(13-8-9-13)20-16-5-3-2-4-14(15)16/h2-5,10-13H,6-9H2,1H3,(H,19,21)/t11-/m0/s1. The molecule has 3 heteroatoms. The zero-order valence-electron chi connectivity index (χ0n) is 12.3. The highest BCUT2D eigenvalue weighted by atomic mass is 16.1. The number of pyridine rings is 1. The van der Waals surface area contributed by atoms with Crippen LogP contribution in [0.4, 0.5) is 0 Å². The molecule has 2 aromatic rings. The number of para-hydroxylation sites is 1. The van der Waals surface area contributed by atoms with Crippen molar-refractivity contribution in [2.24, 2.45) is 5.92 Å². The van der Waals surface area contributed by atoms with Gasteiger partial charge >= 0.3 is 0 Å². The zero-order valence-corrected chi connectivity index (χ0v) is 12.3. The van der Waals surface area contributed by atoms with E-state index in [2.05, 4.69) is 12.2 Å². The second-order valence-corrected chi connectivity index (χ2v) is 6.49. The maximum Gasteiger partial charge on any atom is 0.252 e. The summed E-state index contributed by atoms with van der Waals surface area (Å²) in [7, 11) is 0. The second-order valence-electron chi connectivity index (χ2n) is 6.49. The lowest BCUT2D eigenvalue weighted by molar-refractivity contribution is 0.0937. The molecule has 1 atom stereocenters. The topological polar surface area (TPSA) is 42.0 Å². The molecule has 21 heavy (non-hydrogen) atoms. The molecule has 4 rings (SSSR count). The van der Waals surface area contributed by atoms with Crippen molar-refractivity contribution in [3.05, 3.63) is 41.6 Å². The van der Waals surface area contributed by atoms with E-state index in [1.807, 2.05) is 30.3 Å². The van der Waals surface area contributed by atoms with Crippen molar-refractivity contribution in [1.82, 2.24) is 10.3 Å². The molecular formula is C18H20N2O. The monoisotopic (exact) mass is 280 g/mol. The van der Waals surface area contributed by atoms with Crippen molar-refractivity contribution in [2.45, 2.75) is 44.6 Å². The van der Waals surface area contributed by atoms with Crippen molar-refractivity contribution in [1.29, 1.82) is 0 Å². The number of hydrogen-bond donors (Lipinski definition) is 1. The Labute approximate surface area is 124 Å². The fraction of sp³-hybridized carbons (Fsp3) is 0.444. The van der Waals surface area contributed by atoms with E-state index in [0.717, 1.165) is 22.2 Å². The molecule has 0 unspecified atom stereocenters. The molecule has 3 nitrogen and oxygen atoms in total. The van der Waals surface area contributed by atoms with Crippen molar-refractivity contribution in [2.75, 3.05) is 0 Å². The third kappa shape index (κ3) is 2.53. The number of nitrogens with zero attached hydrogens (tertiary/aromatic N) is 1. The number of hydrogen-bond acceptors (Lipinski definition) is 2. The molecule has 2 fully saturated rings. The van der Waals surface area contributed by atoms with E-state index < -0.39 is 0 Å². The van der Waals surface area contributed by atoms with E-state index >= 15 is 0 Å². The van der Waals surface area contributed by atoms with Crippen LogP contribution in [0.2, 0.25) is 0 Å². The molecule has 1 aromatic heterocycles. The van der Waals surface area contributed by atoms with Crippen LogP contribution < -0.4 is 5.32 Å². The second kappa shape index (κ2) is 4.83. The molecule has 1 N–H and O–H groups in total. The lowest BCUT2D eigenvalue weighted by atomic mass is 10.0. The molecule has 2 aliphatic carbocycles.